The van der Waals surface area contributed by atoms with Gasteiger partial charge in [0.15, 0.2) is 6.10 Å². The van der Waals surface area contributed by atoms with Crippen molar-refractivity contribution >= 4 is 11.6 Å². The first-order valence-electron chi connectivity index (χ1n) is 5.89. The second-order valence-electron chi connectivity index (χ2n) is 4.20. The van der Waals surface area contributed by atoms with Gasteiger partial charge < -0.3 is 20.1 Å². The van der Waals surface area contributed by atoms with E-state index >= 15 is 0 Å². The quantitative estimate of drug-likeness (QED) is 0.789. The van der Waals surface area contributed by atoms with E-state index in [4.69, 9.17) is 20.5 Å². The third-order valence-corrected chi connectivity index (χ3v) is 2.98. The molecule has 1 aliphatic rings. The van der Waals surface area contributed by atoms with Gasteiger partial charge in [-0.3, -0.25) is 4.79 Å². The fourth-order valence-corrected chi connectivity index (χ4v) is 1.94. The summed E-state index contributed by atoms with van der Waals surface area (Å²) in [7, 11) is 1.50. The zero-order valence-electron chi connectivity index (χ0n) is 10.6. The fourth-order valence-electron chi connectivity index (χ4n) is 1.94. The van der Waals surface area contributed by atoms with E-state index in [-0.39, 0.29) is 12.5 Å². The van der Waals surface area contributed by atoms with Crippen molar-refractivity contribution < 1.29 is 14.3 Å². The lowest BCUT2D eigenvalue weighted by molar-refractivity contribution is 0.00346. The molecule has 1 unspecified atom stereocenters. The topological polar surface area (TPSA) is 88.6 Å². The number of nitrogens with zero attached hydrogens (tertiary/aromatic N) is 2. The predicted octanol–water partition coefficient (Wildman–Crippen LogP) is 0.642. The summed E-state index contributed by atoms with van der Waals surface area (Å²) in [5.41, 5.74) is 6.68. The zero-order valence-corrected chi connectivity index (χ0v) is 10.6. The van der Waals surface area contributed by atoms with Crippen LogP contribution in [0.15, 0.2) is 18.2 Å². The average Bonchev–Trinajstić information content (AvgIpc) is 2.47. The molecule has 1 heterocycles. The maximum atomic E-state index is 12.3. The van der Waals surface area contributed by atoms with Crippen LogP contribution in [0.5, 0.6) is 5.75 Å². The van der Waals surface area contributed by atoms with Gasteiger partial charge in [0.2, 0.25) is 0 Å². The van der Waals surface area contributed by atoms with Gasteiger partial charge in [0.05, 0.1) is 32.0 Å². The van der Waals surface area contributed by atoms with Crippen LogP contribution in [0.25, 0.3) is 0 Å². The first kappa shape index (κ1) is 13.2. The summed E-state index contributed by atoms with van der Waals surface area (Å²) >= 11 is 0. The van der Waals surface area contributed by atoms with Crippen LogP contribution < -0.4 is 10.5 Å². The lowest BCUT2D eigenvalue weighted by atomic mass is 10.1. The minimum Gasteiger partial charge on any atom is -0.495 e. The molecule has 1 amide bonds. The maximum Gasteiger partial charge on any atom is 0.254 e. The van der Waals surface area contributed by atoms with Crippen molar-refractivity contribution in [1.82, 2.24) is 4.90 Å². The highest BCUT2D eigenvalue weighted by Gasteiger charge is 2.25. The third-order valence-electron chi connectivity index (χ3n) is 2.98. The van der Waals surface area contributed by atoms with E-state index in [0.29, 0.717) is 30.2 Å². The molecule has 0 aromatic heterocycles. The van der Waals surface area contributed by atoms with Crippen molar-refractivity contribution in [3.05, 3.63) is 23.8 Å². The van der Waals surface area contributed by atoms with Crippen LogP contribution in [0, 0.1) is 11.3 Å². The molecule has 6 nitrogen and oxygen atoms in total. The number of benzene rings is 1. The van der Waals surface area contributed by atoms with Crippen molar-refractivity contribution in [2.45, 2.75) is 6.10 Å². The van der Waals surface area contributed by atoms with Crippen molar-refractivity contribution in [3.8, 4) is 11.8 Å². The van der Waals surface area contributed by atoms with E-state index in [1.54, 1.807) is 23.1 Å². The van der Waals surface area contributed by atoms with Crippen LogP contribution in [0.3, 0.4) is 0 Å². The number of anilines is 1. The number of nitriles is 1. The Bertz CT molecular complexity index is 524. The first-order chi connectivity index (χ1) is 9.15. The smallest absolute Gasteiger partial charge is 0.254 e. The standard InChI is InChI=1S/C13H15N3O3/c1-18-12-6-9(2-3-11(12)15)13(17)16-4-5-19-10(7-14)8-16/h2-3,6,10H,4-5,8,15H2,1H3. The van der Waals surface area contributed by atoms with E-state index < -0.39 is 6.10 Å². The minimum atomic E-state index is -0.562. The predicted molar refractivity (Wildman–Crippen MR) is 68.7 cm³/mol. The van der Waals surface area contributed by atoms with Crippen molar-refractivity contribution in [2.24, 2.45) is 0 Å². The molecule has 2 rings (SSSR count). The van der Waals surface area contributed by atoms with E-state index in [9.17, 15) is 4.79 Å². The Balaban J connectivity index is 2.17. The first-order valence-corrected chi connectivity index (χ1v) is 5.89. The summed E-state index contributed by atoms with van der Waals surface area (Å²) in [5.74, 6) is 0.317. The van der Waals surface area contributed by atoms with Crippen LogP contribution in [0.1, 0.15) is 10.4 Å². The monoisotopic (exact) mass is 261 g/mol. The number of carbonyl (C=O) groups excluding carboxylic acids is 1. The molecule has 1 atom stereocenters. The Morgan fingerprint density at radius 2 is 2.42 bits per heavy atom. The normalized spacial score (nSPS) is 18.7. The number of amides is 1. The van der Waals surface area contributed by atoms with Gasteiger partial charge in [-0.05, 0) is 18.2 Å². The van der Waals surface area contributed by atoms with Crippen LogP contribution in [0.2, 0.25) is 0 Å². The Kier molecular flexibility index (Phi) is 3.88. The second kappa shape index (κ2) is 5.59. The molecular formula is C13H15N3O3. The van der Waals surface area contributed by atoms with Gasteiger partial charge >= 0.3 is 0 Å². The largest absolute Gasteiger partial charge is 0.495 e. The average molecular weight is 261 g/mol. The lowest BCUT2D eigenvalue weighted by Gasteiger charge is -2.29. The molecule has 1 aliphatic heterocycles. The number of nitrogens with two attached hydrogens (primary N) is 1. The van der Waals surface area contributed by atoms with Crippen LogP contribution in [0.4, 0.5) is 5.69 Å². The Morgan fingerprint density at radius 1 is 1.63 bits per heavy atom. The zero-order chi connectivity index (χ0) is 13.8. The second-order valence-corrected chi connectivity index (χ2v) is 4.20. The molecule has 1 aromatic rings. The summed E-state index contributed by atoms with van der Waals surface area (Å²) in [5, 5.41) is 8.83. The molecule has 100 valence electrons. The summed E-state index contributed by atoms with van der Waals surface area (Å²) in [6.45, 7) is 1.13. The number of morpholine rings is 1. The number of methoxy groups -OCH3 is 1. The molecule has 2 N–H and O–H groups in total. The SMILES string of the molecule is COc1cc(C(=O)N2CCOC(C#N)C2)ccc1N. The number of hydrogen-bond donors (Lipinski definition) is 1. The Labute approximate surface area is 111 Å². The molecule has 19 heavy (non-hydrogen) atoms. The number of carbonyl (C=O) groups is 1. The Hall–Kier alpha value is -2.26. The lowest BCUT2D eigenvalue weighted by Crippen LogP contribution is -2.45. The van der Waals surface area contributed by atoms with Gasteiger partial charge in [-0.25, -0.2) is 0 Å². The van der Waals surface area contributed by atoms with Crippen LogP contribution in [-0.4, -0.2) is 43.7 Å². The van der Waals surface area contributed by atoms with Gasteiger partial charge in [0.1, 0.15) is 5.75 Å². The summed E-state index contributed by atoms with van der Waals surface area (Å²) < 4.78 is 10.3. The van der Waals surface area contributed by atoms with Crippen LogP contribution in [-0.2, 0) is 4.74 Å². The molecule has 1 aromatic carbocycles. The van der Waals surface area contributed by atoms with Gasteiger partial charge in [0.25, 0.3) is 5.91 Å². The molecule has 0 aliphatic carbocycles. The molecular weight excluding hydrogens is 246 g/mol. The van der Waals surface area contributed by atoms with Crippen LogP contribution >= 0.6 is 0 Å². The van der Waals surface area contributed by atoms with Gasteiger partial charge in [0, 0.05) is 12.1 Å². The van der Waals surface area contributed by atoms with Gasteiger partial charge in [-0.1, -0.05) is 0 Å². The molecule has 1 saturated heterocycles. The number of ether oxygens (including phenoxy) is 2. The van der Waals surface area contributed by atoms with E-state index in [1.165, 1.54) is 7.11 Å². The van der Waals surface area contributed by atoms with Crippen molar-refractivity contribution in [1.29, 1.82) is 5.26 Å². The van der Waals surface area contributed by atoms with E-state index in [1.807, 2.05) is 6.07 Å². The van der Waals surface area contributed by atoms with Crippen molar-refractivity contribution in [2.75, 3.05) is 32.5 Å². The fraction of sp³-hybridized carbons (Fsp3) is 0.385. The Morgan fingerprint density at radius 3 is 3.11 bits per heavy atom. The maximum absolute atomic E-state index is 12.3. The third kappa shape index (κ3) is 2.77. The van der Waals surface area contributed by atoms with Gasteiger partial charge in [-0.15, -0.1) is 0 Å². The molecule has 0 bridgehead atoms. The summed E-state index contributed by atoms with van der Waals surface area (Å²) in [6.07, 6.45) is -0.562. The highest BCUT2D eigenvalue weighted by atomic mass is 16.5. The number of rotatable bonds is 2. The molecule has 1 fully saturated rings. The summed E-state index contributed by atoms with van der Waals surface area (Å²) in [6, 6.07) is 6.90. The summed E-state index contributed by atoms with van der Waals surface area (Å²) in [4.78, 5) is 13.9. The van der Waals surface area contributed by atoms with E-state index in [2.05, 4.69) is 0 Å². The number of hydrogen-bond acceptors (Lipinski definition) is 5. The van der Waals surface area contributed by atoms with E-state index in [0.717, 1.165) is 0 Å². The highest BCUT2D eigenvalue weighted by Crippen LogP contribution is 2.23. The molecule has 0 saturated carbocycles. The molecule has 6 heteroatoms. The van der Waals surface area contributed by atoms with Crippen molar-refractivity contribution in [3.63, 3.8) is 0 Å². The van der Waals surface area contributed by atoms with Gasteiger partial charge in [-0.2, -0.15) is 5.26 Å². The number of nitrogen functional groups attached to an aromatic ring is 1. The molecule has 0 spiro atoms. The highest BCUT2D eigenvalue weighted by molar-refractivity contribution is 5.95. The molecule has 0 radical (unpaired) electrons. The minimum absolute atomic E-state index is 0.151.